The fourth-order valence-electron chi connectivity index (χ4n) is 1.97. The van der Waals surface area contributed by atoms with E-state index in [1.165, 1.54) is 12.8 Å². The third-order valence-corrected chi connectivity index (χ3v) is 3.30. The van der Waals surface area contributed by atoms with Gasteiger partial charge in [-0.1, -0.05) is 0 Å². The normalized spacial score (nSPS) is 14.7. The number of rotatable bonds is 3. The second-order valence-electron chi connectivity index (χ2n) is 4.63. The summed E-state index contributed by atoms with van der Waals surface area (Å²) in [6.07, 6.45) is 9.25. The molecule has 0 bridgehead atoms. The first kappa shape index (κ1) is 11.5. The van der Waals surface area contributed by atoms with Crippen LogP contribution in [-0.2, 0) is 0 Å². The second kappa shape index (κ2) is 4.38. The van der Waals surface area contributed by atoms with Gasteiger partial charge in [0, 0.05) is 24.5 Å². The van der Waals surface area contributed by atoms with Crippen molar-refractivity contribution in [2.75, 3.05) is 0 Å². The molecule has 3 aromatic rings. The minimum absolute atomic E-state index is 0.127. The van der Waals surface area contributed by atoms with Gasteiger partial charge in [-0.2, -0.15) is 20.1 Å². The highest BCUT2D eigenvalue weighted by molar-refractivity contribution is 6.28. The summed E-state index contributed by atoms with van der Waals surface area (Å²) >= 11 is 5.96. The van der Waals surface area contributed by atoms with Crippen molar-refractivity contribution in [3.63, 3.8) is 0 Å². The van der Waals surface area contributed by atoms with Crippen LogP contribution in [0.4, 0.5) is 0 Å². The number of aromatic nitrogens is 7. The Hall–Kier alpha value is -2.28. The molecular weight excluding hydrogens is 278 g/mol. The van der Waals surface area contributed by atoms with Crippen LogP contribution in [0.25, 0.3) is 11.9 Å². The van der Waals surface area contributed by atoms with Crippen LogP contribution in [0.5, 0.6) is 0 Å². The molecule has 1 saturated carbocycles. The lowest BCUT2D eigenvalue weighted by Crippen LogP contribution is -2.08. The van der Waals surface area contributed by atoms with E-state index in [0.717, 1.165) is 5.69 Å². The first-order valence-corrected chi connectivity index (χ1v) is 6.63. The highest BCUT2D eigenvalue weighted by Crippen LogP contribution is 2.38. The van der Waals surface area contributed by atoms with E-state index in [1.54, 1.807) is 28.0 Å². The Balaban J connectivity index is 1.76. The number of nitrogens with zero attached hydrogens (tertiary/aromatic N) is 7. The molecule has 0 saturated heterocycles. The molecule has 0 N–H and O–H groups in total. The minimum Gasteiger partial charge on any atom is -0.274 e. The summed E-state index contributed by atoms with van der Waals surface area (Å²) in [4.78, 5) is 16.5. The predicted molar refractivity (Wildman–Crippen MR) is 71.1 cm³/mol. The molecule has 1 aliphatic rings. The van der Waals surface area contributed by atoms with E-state index in [1.807, 2.05) is 12.3 Å². The van der Waals surface area contributed by atoms with Crippen LogP contribution in [0.3, 0.4) is 0 Å². The average molecular weight is 288 g/mol. The van der Waals surface area contributed by atoms with Crippen molar-refractivity contribution in [3.05, 3.63) is 42.0 Å². The highest BCUT2D eigenvalue weighted by atomic mass is 35.5. The van der Waals surface area contributed by atoms with Gasteiger partial charge in [-0.05, 0) is 30.5 Å². The molecule has 0 aliphatic heterocycles. The summed E-state index contributed by atoms with van der Waals surface area (Å²) in [5, 5.41) is 4.61. The molecule has 0 spiro atoms. The fraction of sp³-hybridized carbons (Fsp3) is 0.250. The number of imidazole rings is 1. The van der Waals surface area contributed by atoms with E-state index >= 15 is 0 Å². The topological polar surface area (TPSA) is 74.3 Å². The van der Waals surface area contributed by atoms with Crippen molar-refractivity contribution in [2.24, 2.45) is 0 Å². The Bertz CT molecular complexity index is 745. The number of halogens is 1. The third-order valence-electron chi connectivity index (χ3n) is 3.13. The van der Waals surface area contributed by atoms with Gasteiger partial charge < -0.3 is 0 Å². The molecule has 0 radical (unpaired) electrons. The van der Waals surface area contributed by atoms with Crippen LogP contribution in [0.15, 0.2) is 31.0 Å². The van der Waals surface area contributed by atoms with Crippen LogP contribution in [0.1, 0.15) is 24.5 Å². The fourth-order valence-corrected chi connectivity index (χ4v) is 2.12. The van der Waals surface area contributed by atoms with E-state index in [-0.39, 0.29) is 5.28 Å². The SMILES string of the molecule is Clc1nc(-n2ccnc2)nc(-n2ccc(C3CC3)n2)n1. The zero-order valence-electron chi connectivity index (χ0n) is 10.4. The van der Waals surface area contributed by atoms with Gasteiger partial charge in [0.15, 0.2) is 0 Å². The maximum absolute atomic E-state index is 5.96. The van der Waals surface area contributed by atoms with Gasteiger partial charge in [-0.15, -0.1) is 0 Å². The molecule has 8 heteroatoms. The summed E-state index contributed by atoms with van der Waals surface area (Å²) in [7, 11) is 0. The maximum atomic E-state index is 5.96. The number of hydrogen-bond donors (Lipinski definition) is 0. The molecule has 0 unspecified atom stereocenters. The second-order valence-corrected chi connectivity index (χ2v) is 4.97. The van der Waals surface area contributed by atoms with Crippen molar-refractivity contribution in [1.82, 2.24) is 34.3 Å². The zero-order chi connectivity index (χ0) is 13.5. The third kappa shape index (κ3) is 2.05. The smallest absolute Gasteiger partial charge is 0.256 e. The van der Waals surface area contributed by atoms with Crippen molar-refractivity contribution in [1.29, 1.82) is 0 Å². The maximum Gasteiger partial charge on any atom is 0.256 e. The summed E-state index contributed by atoms with van der Waals surface area (Å²) in [6, 6.07) is 1.99. The van der Waals surface area contributed by atoms with Gasteiger partial charge in [0.1, 0.15) is 6.33 Å². The van der Waals surface area contributed by atoms with Gasteiger partial charge >= 0.3 is 0 Å². The van der Waals surface area contributed by atoms with Crippen LogP contribution in [0, 0.1) is 0 Å². The summed E-state index contributed by atoms with van der Waals surface area (Å²) in [5.74, 6) is 1.41. The lowest BCUT2D eigenvalue weighted by Gasteiger charge is -2.04. The van der Waals surface area contributed by atoms with E-state index in [4.69, 9.17) is 11.6 Å². The Morgan fingerprint density at radius 2 is 1.95 bits per heavy atom. The molecule has 0 aromatic carbocycles. The predicted octanol–water partition coefficient (Wildman–Crippen LogP) is 1.77. The summed E-state index contributed by atoms with van der Waals surface area (Å²) in [5.41, 5.74) is 1.07. The van der Waals surface area contributed by atoms with Crippen LogP contribution < -0.4 is 0 Å². The van der Waals surface area contributed by atoms with E-state index in [0.29, 0.717) is 17.8 Å². The van der Waals surface area contributed by atoms with Crippen molar-refractivity contribution in [2.45, 2.75) is 18.8 Å². The molecule has 20 heavy (non-hydrogen) atoms. The Labute approximate surface area is 119 Å². The molecule has 0 atom stereocenters. The largest absolute Gasteiger partial charge is 0.274 e. The van der Waals surface area contributed by atoms with Crippen molar-refractivity contribution < 1.29 is 0 Å². The molecule has 0 amide bonds. The molecule has 4 rings (SSSR count). The molecule has 3 aromatic heterocycles. The van der Waals surface area contributed by atoms with Gasteiger partial charge in [0.25, 0.3) is 5.95 Å². The first-order valence-electron chi connectivity index (χ1n) is 6.25. The van der Waals surface area contributed by atoms with Crippen LogP contribution in [-0.4, -0.2) is 34.3 Å². The first-order chi connectivity index (χ1) is 9.79. The molecule has 1 aliphatic carbocycles. The van der Waals surface area contributed by atoms with Gasteiger partial charge in [0.2, 0.25) is 11.2 Å². The van der Waals surface area contributed by atoms with Gasteiger partial charge in [0.05, 0.1) is 5.69 Å². The minimum atomic E-state index is 0.127. The van der Waals surface area contributed by atoms with Crippen molar-refractivity contribution in [3.8, 4) is 11.9 Å². The zero-order valence-corrected chi connectivity index (χ0v) is 11.1. The standard InChI is InChI=1S/C12H10ClN7/c13-10-15-11(19-6-4-14-7-19)17-12(16-10)20-5-3-9(18-20)8-1-2-8/h3-8H,1-2H2. The summed E-state index contributed by atoms with van der Waals surface area (Å²) in [6.45, 7) is 0. The highest BCUT2D eigenvalue weighted by Gasteiger charge is 2.26. The van der Waals surface area contributed by atoms with Gasteiger partial charge in [-0.3, -0.25) is 4.57 Å². The molecule has 3 heterocycles. The Morgan fingerprint density at radius 3 is 2.70 bits per heavy atom. The van der Waals surface area contributed by atoms with Crippen LogP contribution in [0.2, 0.25) is 5.28 Å². The molecule has 7 nitrogen and oxygen atoms in total. The molecule has 1 fully saturated rings. The molecular formula is C12H10ClN7. The quantitative estimate of drug-likeness (QED) is 0.734. The average Bonchev–Trinajstić information content (AvgIpc) is 2.97. The van der Waals surface area contributed by atoms with Gasteiger partial charge in [-0.25, -0.2) is 9.67 Å². The number of hydrogen-bond acceptors (Lipinski definition) is 5. The van der Waals surface area contributed by atoms with Crippen LogP contribution >= 0.6 is 11.6 Å². The lowest BCUT2D eigenvalue weighted by atomic mass is 10.3. The van der Waals surface area contributed by atoms with E-state index < -0.39 is 0 Å². The Morgan fingerprint density at radius 1 is 1.10 bits per heavy atom. The van der Waals surface area contributed by atoms with Crippen molar-refractivity contribution >= 4 is 11.6 Å². The monoisotopic (exact) mass is 287 g/mol. The lowest BCUT2D eigenvalue weighted by molar-refractivity contribution is 0.757. The van der Waals surface area contributed by atoms with E-state index in [2.05, 4.69) is 25.0 Å². The van der Waals surface area contributed by atoms with E-state index in [9.17, 15) is 0 Å². The Kier molecular flexibility index (Phi) is 2.53. The molecule has 100 valence electrons. The summed E-state index contributed by atoms with van der Waals surface area (Å²) < 4.78 is 3.30.